The number of hydrogen-bond donors (Lipinski definition) is 2. The molecule has 2 saturated heterocycles. The summed E-state index contributed by atoms with van der Waals surface area (Å²) in [5, 5.41) is 8.82. The molecule has 0 saturated carbocycles. The van der Waals surface area contributed by atoms with Crippen LogP contribution in [0.2, 0.25) is 0 Å². The van der Waals surface area contributed by atoms with Crippen molar-refractivity contribution in [3.05, 3.63) is 0 Å². The number of ether oxygens (including phenoxy) is 1. The molecule has 0 spiro atoms. The Kier molecular flexibility index (Phi) is 5.00. The minimum atomic E-state index is -3.49. The van der Waals surface area contributed by atoms with E-state index in [0.29, 0.717) is 31.8 Å². The molecular formula is C12H22N2O5S. The highest BCUT2D eigenvalue weighted by atomic mass is 32.2. The zero-order valence-electron chi connectivity index (χ0n) is 11.6. The van der Waals surface area contributed by atoms with Gasteiger partial charge in [-0.25, -0.2) is 4.79 Å². The number of nitrogens with one attached hydrogen (secondary N) is 1. The summed E-state index contributed by atoms with van der Waals surface area (Å²) < 4.78 is 33.6. The average Bonchev–Trinajstić information content (AvgIpc) is 2.85. The summed E-state index contributed by atoms with van der Waals surface area (Å²) in [4.78, 5) is 10.8. The molecule has 0 aromatic carbocycles. The van der Waals surface area contributed by atoms with E-state index in [9.17, 15) is 13.2 Å². The van der Waals surface area contributed by atoms with Crippen molar-refractivity contribution in [3.63, 3.8) is 0 Å². The van der Waals surface area contributed by atoms with E-state index in [1.165, 1.54) is 4.31 Å². The van der Waals surface area contributed by atoms with Crippen LogP contribution in [0, 0.1) is 5.92 Å². The lowest BCUT2D eigenvalue weighted by Gasteiger charge is -2.30. The average molecular weight is 306 g/mol. The minimum absolute atomic E-state index is 0.136. The second-order valence-electron chi connectivity index (χ2n) is 5.62. The number of carboxylic acids is 1. The fourth-order valence-corrected chi connectivity index (χ4v) is 4.09. The Labute approximate surface area is 119 Å². The number of aliphatic carboxylic acids is 1. The molecule has 0 aromatic rings. The summed E-state index contributed by atoms with van der Waals surface area (Å²) in [6, 6.07) is 0. The molecule has 0 aliphatic carbocycles. The van der Waals surface area contributed by atoms with Gasteiger partial charge in [-0.15, -0.1) is 0 Å². The summed E-state index contributed by atoms with van der Waals surface area (Å²) in [5.41, 5.74) is 0. The molecule has 8 heteroatoms. The van der Waals surface area contributed by atoms with Crippen molar-refractivity contribution < 1.29 is 23.1 Å². The van der Waals surface area contributed by atoms with Crippen molar-refractivity contribution in [2.24, 2.45) is 5.92 Å². The van der Waals surface area contributed by atoms with Gasteiger partial charge in [-0.05, 0) is 31.6 Å². The fraction of sp³-hybridized carbons (Fsp3) is 0.917. The van der Waals surface area contributed by atoms with Gasteiger partial charge in [-0.2, -0.15) is 17.4 Å². The van der Waals surface area contributed by atoms with Gasteiger partial charge in [0, 0.05) is 19.6 Å². The van der Waals surface area contributed by atoms with E-state index < -0.39 is 22.3 Å². The van der Waals surface area contributed by atoms with E-state index in [-0.39, 0.29) is 12.6 Å². The lowest BCUT2D eigenvalue weighted by Crippen LogP contribution is -2.47. The van der Waals surface area contributed by atoms with Gasteiger partial charge < -0.3 is 9.84 Å². The van der Waals surface area contributed by atoms with Gasteiger partial charge in [-0.3, -0.25) is 0 Å². The van der Waals surface area contributed by atoms with E-state index >= 15 is 0 Å². The number of nitrogens with zero attached hydrogens (tertiary/aromatic N) is 1. The SMILES string of the molecule is CC1CCCN(S(=O)(=O)NCC2CCC(C(=O)O)O2)C1. The molecule has 0 amide bonds. The van der Waals surface area contributed by atoms with Crippen LogP contribution in [0.4, 0.5) is 0 Å². The highest BCUT2D eigenvalue weighted by Crippen LogP contribution is 2.21. The summed E-state index contributed by atoms with van der Waals surface area (Å²) in [6.07, 6.45) is 1.77. The monoisotopic (exact) mass is 306 g/mol. The number of carboxylic acid groups (broad SMARTS) is 1. The zero-order chi connectivity index (χ0) is 14.8. The summed E-state index contributed by atoms with van der Waals surface area (Å²) in [6.45, 7) is 3.26. The van der Waals surface area contributed by atoms with E-state index in [1.54, 1.807) is 0 Å². The summed E-state index contributed by atoms with van der Waals surface area (Å²) in [7, 11) is -3.49. The van der Waals surface area contributed by atoms with Crippen LogP contribution in [0.3, 0.4) is 0 Å². The van der Waals surface area contributed by atoms with Gasteiger partial charge in [0.25, 0.3) is 10.2 Å². The molecule has 20 heavy (non-hydrogen) atoms. The first-order chi connectivity index (χ1) is 9.38. The topological polar surface area (TPSA) is 95.9 Å². The third-order valence-electron chi connectivity index (χ3n) is 3.84. The minimum Gasteiger partial charge on any atom is -0.479 e. The molecule has 2 heterocycles. The van der Waals surface area contributed by atoms with E-state index in [4.69, 9.17) is 9.84 Å². The molecule has 3 unspecified atom stereocenters. The number of piperidine rings is 1. The molecule has 2 fully saturated rings. The van der Waals surface area contributed by atoms with Crippen molar-refractivity contribution >= 4 is 16.2 Å². The lowest BCUT2D eigenvalue weighted by atomic mass is 10.0. The number of hydrogen-bond acceptors (Lipinski definition) is 4. The predicted octanol–water partition coefficient (Wildman–Crippen LogP) is 0.185. The Bertz CT molecular complexity index is 453. The van der Waals surface area contributed by atoms with Crippen LogP contribution < -0.4 is 4.72 Å². The van der Waals surface area contributed by atoms with Crippen LogP contribution in [0.25, 0.3) is 0 Å². The normalized spacial score (nSPS) is 32.4. The standard InChI is InChI=1S/C12H22N2O5S/c1-9-3-2-6-14(8-9)20(17,18)13-7-10-4-5-11(19-10)12(15)16/h9-11,13H,2-8H2,1H3,(H,15,16). The molecule has 0 radical (unpaired) electrons. The van der Waals surface area contributed by atoms with Crippen molar-refractivity contribution in [3.8, 4) is 0 Å². The maximum absolute atomic E-state index is 12.1. The van der Waals surface area contributed by atoms with Gasteiger partial charge in [0.15, 0.2) is 6.10 Å². The molecule has 2 aliphatic heterocycles. The quantitative estimate of drug-likeness (QED) is 0.755. The smallest absolute Gasteiger partial charge is 0.332 e. The van der Waals surface area contributed by atoms with Gasteiger partial charge in [0.1, 0.15) is 0 Å². The Morgan fingerprint density at radius 2 is 2.15 bits per heavy atom. The van der Waals surface area contributed by atoms with Crippen LogP contribution in [0.15, 0.2) is 0 Å². The number of rotatable bonds is 5. The molecule has 2 rings (SSSR count). The molecule has 116 valence electrons. The third kappa shape index (κ3) is 3.91. The van der Waals surface area contributed by atoms with E-state index in [1.807, 2.05) is 6.92 Å². The molecule has 2 aliphatic rings. The van der Waals surface area contributed by atoms with Gasteiger partial charge in [-0.1, -0.05) is 6.92 Å². The van der Waals surface area contributed by atoms with Crippen LogP contribution in [0.5, 0.6) is 0 Å². The molecular weight excluding hydrogens is 284 g/mol. The first-order valence-electron chi connectivity index (χ1n) is 7.01. The predicted molar refractivity (Wildman–Crippen MR) is 72.4 cm³/mol. The van der Waals surface area contributed by atoms with E-state index in [2.05, 4.69) is 4.72 Å². The highest BCUT2D eigenvalue weighted by molar-refractivity contribution is 7.87. The Morgan fingerprint density at radius 3 is 2.75 bits per heavy atom. The maximum Gasteiger partial charge on any atom is 0.332 e. The Morgan fingerprint density at radius 1 is 1.40 bits per heavy atom. The largest absolute Gasteiger partial charge is 0.479 e. The van der Waals surface area contributed by atoms with Crippen molar-refractivity contribution in [1.29, 1.82) is 0 Å². The highest BCUT2D eigenvalue weighted by Gasteiger charge is 2.32. The van der Waals surface area contributed by atoms with Crippen LogP contribution in [-0.2, 0) is 19.7 Å². The Hall–Kier alpha value is -0.700. The van der Waals surface area contributed by atoms with Gasteiger partial charge in [0.05, 0.1) is 6.10 Å². The molecule has 0 bridgehead atoms. The van der Waals surface area contributed by atoms with Crippen LogP contribution in [0.1, 0.15) is 32.6 Å². The molecule has 0 aromatic heterocycles. The van der Waals surface area contributed by atoms with Crippen LogP contribution >= 0.6 is 0 Å². The van der Waals surface area contributed by atoms with Crippen molar-refractivity contribution in [2.45, 2.75) is 44.8 Å². The van der Waals surface area contributed by atoms with Gasteiger partial charge >= 0.3 is 5.97 Å². The third-order valence-corrected chi connectivity index (χ3v) is 5.38. The number of carbonyl (C=O) groups is 1. The first-order valence-corrected chi connectivity index (χ1v) is 8.45. The second kappa shape index (κ2) is 6.38. The van der Waals surface area contributed by atoms with Crippen molar-refractivity contribution in [2.75, 3.05) is 19.6 Å². The lowest BCUT2D eigenvalue weighted by molar-refractivity contribution is -0.149. The van der Waals surface area contributed by atoms with Crippen molar-refractivity contribution in [1.82, 2.24) is 9.03 Å². The first kappa shape index (κ1) is 15.7. The van der Waals surface area contributed by atoms with Crippen LogP contribution in [-0.4, -0.2) is 55.6 Å². The zero-order valence-corrected chi connectivity index (χ0v) is 12.4. The molecule has 2 N–H and O–H groups in total. The van der Waals surface area contributed by atoms with Gasteiger partial charge in [0.2, 0.25) is 0 Å². The fourth-order valence-electron chi connectivity index (χ4n) is 2.69. The summed E-state index contributed by atoms with van der Waals surface area (Å²) in [5.74, 6) is -0.611. The summed E-state index contributed by atoms with van der Waals surface area (Å²) >= 11 is 0. The second-order valence-corrected chi connectivity index (χ2v) is 7.38. The van der Waals surface area contributed by atoms with E-state index in [0.717, 1.165) is 12.8 Å². The molecule has 7 nitrogen and oxygen atoms in total. The maximum atomic E-state index is 12.1. The molecule has 3 atom stereocenters. The Balaban J connectivity index is 1.82.